The molecule has 10 heteroatoms. The molecule has 5 rings (SSSR count). The summed E-state index contributed by atoms with van der Waals surface area (Å²) in [5.74, 6) is 4.34. The summed E-state index contributed by atoms with van der Waals surface area (Å²) in [5, 5.41) is 3.70. The molecule has 224 valence electrons. The molecule has 0 unspecified atom stereocenters. The Hall–Kier alpha value is -4.44. The minimum absolute atomic E-state index is 0.128. The van der Waals surface area contributed by atoms with Crippen molar-refractivity contribution < 1.29 is 23.7 Å². The van der Waals surface area contributed by atoms with E-state index in [9.17, 15) is 4.79 Å². The fraction of sp³-hybridized carbons (Fsp3) is 0.303. The van der Waals surface area contributed by atoms with Gasteiger partial charge in [0.05, 0.1) is 14.2 Å². The minimum atomic E-state index is -0.128. The molecule has 1 N–H and O–H groups in total. The topological polar surface area (TPSA) is 95.0 Å². The number of nitrogens with one attached hydrogen (secondary N) is 1. The van der Waals surface area contributed by atoms with Crippen LogP contribution in [-0.2, 0) is 25.1 Å². The summed E-state index contributed by atoms with van der Waals surface area (Å²) in [6, 6.07) is 21.4. The molecule has 1 aromatic heterocycles. The van der Waals surface area contributed by atoms with Gasteiger partial charge in [0.1, 0.15) is 5.82 Å². The molecule has 2 heterocycles. The van der Waals surface area contributed by atoms with Crippen LogP contribution in [0.1, 0.15) is 39.7 Å². The average molecular weight is 601 g/mol. The van der Waals surface area contributed by atoms with Crippen molar-refractivity contribution >= 4 is 23.5 Å². The number of aryl methyl sites for hydroxylation is 1. The van der Waals surface area contributed by atoms with Gasteiger partial charge in [0.15, 0.2) is 28.2 Å². The molecule has 3 aromatic carbocycles. The Bertz CT molecular complexity index is 1560. The molecule has 4 aromatic rings. The molecular formula is C33H36N4O5S. The summed E-state index contributed by atoms with van der Waals surface area (Å²) in [6.45, 7) is 3.52. The van der Waals surface area contributed by atoms with Gasteiger partial charge in [-0.1, -0.05) is 43.0 Å². The van der Waals surface area contributed by atoms with E-state index in [1.165, 1.54) is 0 Å². The van der Waals surface area contributed by atoms with Gasteiger partial charge in [0.2, 0.25) is 6.79 Å². The first-order valence-corrected chi connectivity index (χ1v) is 15.1. The number of anilines is 1. The molecule has 0 bridgehead atoms. The number of amides is 1. The predicted molar refractivity (Wildman–Crippen MR) is 168 cm³/mol. The quantitative estimate of drug-likeness (QED) is 0.154. The van der Waals surface area contributed by atoms with E-state index in [-0.39, 0.29) is 12.7 Å². The third-order valence-corrected chi connectivity index (χ3v) is 8.07. The first-order valence-electron chi connectivity index (χ1n) is 14.1. The van der Waals surface area contributed by atoms with Crippen molar-refractivity contribution in [3.63, 3.8) is 0 Å². The largest absolute Gasteiger partial charge is 0.493 e. The van der Waals surface area contributed by atoms with Crippen LogP contribution in [0, 0.1) is 0 Å². The molecule has 9 nitrogen and oxygen atoms in total. The third kappa shape index (κ3) is 7.70. The maximum atomic E-state index is 12.7. The Kier molecular flexibility index (Phi) is 9.88. The van der Waals surface area contributed by atoms with Crippen molar-refractivity contribution in [3.8, 4) is 23.0 Å². The highest BCUT2D eigenvalue weighted by Gasteiger charge is 2.14. The highest BCUT2D eigenvalue weighted by atomic mass is 32.2. The van der Waals surface area contributed by atoms with Crippen molar-refractivity contribution in [1.29, 1.82) is 0 Å². The Morgan fingerprint density at radius 2 is 1.65 bits per heavy atom. The van der Waals surface area contributed by atoms with Gasteiger partial charge in [-0.05, 0) is 65.9 Å². The summed E-state index contributed by atoms with van der Waals surface area (Å²) in [4.78, 5) is 24.4. The van der Waals surface area contributed by atoms with Crippen LogP contribution in [0.25, 0.3) is 0 Å². The number of nitrogens with zero attached hydrogens (tertiary/aromatic N) is 3. The van der Waals surface area contributed by atoms with Crippen molar-refractivity contribution in [2.24, 2.45) is 0 Å². The Morgan fingerprint density at radius 1 is 0.907 bits per heavy atom. The van der Waals surface area contributed by atoms with E-state index in [1.54, 1.807) is 26.0 Å². The summed E-state index contributed by atoms with van der Waals surface area (Å²) < 4.78 is 21.6. The van der Waals surface area contributed by atoms with Gasteiger partial charge in [0, 0.05) is 43.2 Å². The molecule has 0 atom stereocenters. The van der Waals surface area contributed by atoms with Crippen molar-refractivity contribution in [2.75, 3.05) is 39.5 Å². The van der Waals surface area contributed by atoms with Crippen molar-refractivity contribution in [1.82, 2.24) is 15.3 Å². The number of hydrogen-bond donors (Lipinski definition) is 1. The number of ether oxygens (including phenoxy) is 4. The summed E-state index contributed by atoms with van der Waals surface area (Å²) in [7, 11) is 5.34. The zero-order valence-electron chi connectivity index (χ0n) is 24.9. The van der Waals surface area contributed by atoms with E-state index in [4.69, 9.17) is 28.9 Å². The Labute approximate surface area is 256 Å². The molecule has 0 aliphatic carbocycles. The van der Waals surface area contributed by atoms with Crippen LogP contribution in [0.3, 0.4) is 0 Å². The Morgan fingerprint density at radius 3 is 2.42 bits per heavy atom. The molecule has 0 radical (unpaired) electrons. The number of fused-ring (bicyclic) bond motifs is 1. The number of methoxy groups -OCH3 is 2. The number of thioether (sulfide) groups is 1. The molecule has 0 spiro atoms. The number of carbonyl (C=O) groups excluding carboxylic acids is 1. The fourth-order valence-electron chi connectivity index (χ4n) is 4.58. The zero-order valence-corrected chi connectivity index (χ0v) is 25.7. The molecule has 1 aliphatic heterocycles. The Balaban J connectivity index is 1.15. The minimum Gasteiger partial charge on any atom is -0.493 e. The lowest BCUT2D eigenvalue weighted by atomic mass is 10.1. The normalized spacial score (nSPS) is 11.7. The second-order valence-corrected chi connectivity index (χ2v) is 11.0. The van der Waals surface area contributed by atoms with E-state index in [2.05, 4.69) is 29.3 Å². The second-order valence-electron chi connectivity index (χ2n) is 10.1. The van der Waals surface area contributed by atoms with Gasteiger partial charge in [-0.2, -0.15) is 0 Å². The molecule has 1 aliphatic rings. The van der Waals surface area contributed by atoms with Crippen LogP contribution in [-0.4, -0.2) is 50.5 Å². The van der Waals surface area contributed by atoms with E-state index in [1.807, 2.05) is 61.6 Å². The fourth-order valence-corrected chi connectivity index (χ4v) is 5.41. The zero-order chi connectivity index (χ0) is 30.2. The number of benzene rings is 3. The van der Waals surface area contributed by atoms with Gasteiger partial charge in [0.25, 0.3) is 5.91 Å². The van der Waals surface area contributed by atoms with Crippen molar-refractivity contribution in [2.45, 2.75) is 37.2 Å². The van der Waals surface area contributed by atoms with Crippen LogP contribution in [0.4, 0.5) is 5.82 Å². The standard InChI is InChI=1S/C33H36N4O5S/c1-5-26-18-31(37(2)15-14-22-8-12-27(39-3)29(16-22)40-4)36-33(35-26)43-20-23-6-10-25(11-7-23)32(38)34-19-24-9-13-28-30(17-24)42-21-41-28/h6-13,16-18H,5,14-15,19-21H2,1-4H3,(H,34,38). The highest BCUT2D eigenvalue weighted by molar-refractivity contribution is 7.98. The van der Waals surface area contributed by atoms with Crippen molar-refractivity contribution in [3.05, 3.63) is 94.7 Å². The number of hydrogen-bond acceptors (Lipinski definition) is 9. The molecule has 0 fully saturated rings. The summed E-state index contributed by atoms with van der Waals surface area (Å²) >= 11 is 1.59. The second kappa shape index (κ2) is 14.2. The van der Waals surface area contributed by atoms with Crippen LogP contribution in [0.2, 0.25) is 0 Å². The third-order valence-electron chi connectivity index (χ3n) is 7.16. The van der Waals surface area contributed by atoms with Gasteiger partial charge in [-0.25, -0.2) is 9.97 Å². The lowest BCUT2D eigenvalue weighted by Gasteiger charge is -2.20. The smallest absolute Gasteiger partial charge is 0.251 e. The molecule has 43 heavy (non-hydrogen) atoms. The van der Waals surface area contributed by atoms with E-state index in [0.717, 1.165) is 70.0 Å². The molecule has 1 amide bonds. The average Bonchev–Trinajstić information content (AvgIpc) is 3.53. The summed E-state index contributed by atoms with van der Waals surface area (Å²) in [6.07, 6.45) is 1.66. The van der Waals surface area contributed by atoms with Crippen LogP contribution in [0.15, 0.2) is 71.9 Å². The van der Waals surface area contributed by atoms with Crippen LogP contribution >= 0.6 is 11.8 Å². The first kappa shape index (κ1) is 30.0. The molecule has 0 saturated carbocycles. The first-order chi connectivity index (χ1) is 20.9. The van der Waals surface area contributed by atoms with Gasteiger partial charge in [-0.3, -0.25) is 4.79 Å². The predicted octanol–water partition coefficient (Wildman–Crippen LogP) is 5.69. The van der Waals surface area contributed by atoms with E-state index >= 15 is 0 Å². The lowest BCUT2D eigenvalue weighted by Crippen LogP contribution is -2.22. The number of carbonyl (C=O) groups is 1. The van der Waals surface area contributed by atoms with E-state index < -0.39 is 0 Å². The van der Waals surface area contributed by atoms with Gasteiger partial charge < -0.3 is 29.2 Å². The van der Waals surface area contributed by atoms with Crippen LogP contribution in [0.5, 0.6) is 23.0 Å². The highest BCUT2D eigenvalue weighted by Crippen LogP contribution is 2.32. The molecular weight excluding hydrogens is 564 g/mol. The number of rotatable bonds is 13. The number of likely N-dealkylation sites (N-methyl/N-ethyl adjacent to an activating group) is 1. The maximum Gasteiger partial charge on any atom is 0.251 e. The van der Waals surface area contributed by atoms with Crippen LogP contribution < -0.4 is 29.2 Å². The maximum absolute atomic E-state index is 12.7. The lowest BCUT2D eigenvalue weighted by molar-refractivity contribution is 0.0951. The summed E-state index contributed by atoms with van der Waals surface area (Å²) in [5.41, 5.74) is 4.81. The van der Waals surface area contributed by atoms with Gasteiger partial charge >= 0.3 is 0 Å². The monoisotopic (exact) mass is 600 g/mol. The van der Waals surface area contributed by atoms with E-state index in [0.29, 0.717) is 23.6 Å². The SMILES string of the molecule is CCc1cc(N(C)CCc2ccc(OC)c(OC)c2)nc(SCc2ccc(C(=O)NCc3ccc4c(c3)OCO4)cc2)n1. The number of aromatic nitrogens is 2. The van der Waals surface area contributed by atoms with Gasteiger partial charge in [-0.15, -0.1) is 0 Å². The molecule has 0 saturated heterocycles.